The lowest BCUT2D eigenvalue weighted by Crippen LogP contribution is -2.14. The summed E-state index contributed by atoms with van der Waals surface area (Å²) in [7, 11) is 0. The maximum Gasteiger partial charge on any atom is 0.255 e. The van der Waals surface area contributed by atoms with E-state index in [1.807, 2.05) is 42.5 Å². The zero-order chi connectivity index (χ0) is 21.1. The third kappa shape index (κ3) is 4.52. The number of rotatable bonds is 5. The van der Waals surface area contributed by atoms with E-state index in [0.717, 1.165) is 27.3 Å². The van der Waals surface area contributed by atoms with Gasteiger partial charge < -0.3 is 5.32 Å². The van der Waals surface area contributed by atoms with E-state index in [1.165, 1.54) is 11.9 Å². The molecule has 0 fully saturated rings. The number of nitrogens with one attached hydrogen (secondary N) is 2. The average molecular weight is 418 g/mol. The number of hydrogen-bond acceptors (Lipinski definition) is 5. The summed E-state index contributed by atoms with van der Waals surface area (Å²) in [5.41, 5.74) is 4.41. The number of thioether (sulfide) groups is 1. The molecule has 0 aliphatic rings. The van der Waals surface area contributed by atoms with Crippen molar-refractivity contribution in [1.29, 1.82) is 0 Å². The van der Waals surface area contributed by atoms with Gasteiger partial charge in [-0.15, -0.1) is 11.8 Å². The van der Waals surface area contributed by atoms with Gasteiger partial charge in [0.1, 0.15) is 11.4 Å². The molecule has 4 aromatic rings. The highest BCUT2D eigenvalue weighted by Crippen LogP contribution is 2.27. The molecule has 2 aromatic carbocycles. The molecule has 0 saturated heterocycles. The third-order valence-corrected chi connectivity index (χ3v) is 5.84. The van der Waals surface area contributed by atoms with Crippen molar-refractivity contribution in [1.82, 2.24) is 20.2 Å². The summed E-state index contributed by atoms with van der Waals surface area (Å²) in [6.45, 7) is 6.47. The Labute approximate surface area is 179 Å². The van der Waals surface area contributed by atoms with Crippen molar-refractivity contribution in [3.05, 3.63) is 77.7 Å². The minimum atomic E-state index is -0.118. The molecular weight excluding hydrogens is 394 g/mol. The topological polar surface area (TPSA) is 83.6 Å². The fourth-order valence-electron chi connectivity index (χ4n) is 3.08. The van der Waals surface area contributed by atoms with Crippen molar-refractivity contribution in [3.63, 3.8) is 0 Å². The lowest BCUT2D eigenvalue weighted by molar-refractivity contribution is 0.102. The van der Waals surface area contributed by atoms with Gasteiger partial charge in [0.25, 0.3) is 5.91 Å². The number of anilines is 1. The first-order chi connectivity index (χ1) is 14.4. The summed E-state index contributed by atoms with van der Waals surface area (Å²) in [6.07, 6.45) is 3.26. The Bertz CT molecular complexity index is 1200. The van der Waals surface area contributed by atoms with Gasteiger partial charge in [-0.1, -0.05) is 45.0 Å². The summed E-state index contributed by atoms with van der Waals surface area (Å²) < 4.78 is 0. The van der Waals surface area contributed by atoms with Gasteiger partial charge in [-0.2, -0.15) is 5.10 Å². The minimum absolute atomic E-state index is 0.0271. The number of H-pyrrole nitrogens is 1. The Morgan fingerprint density at radius 1 is 1.10 bits per heavy atom. The molecule has 0 saturated carbocycles. The molecule has 1 amide bonds. The van der Waals surface area contributed by atoms with E-state index in [4.69, 9.17) is 0 Å². The smallest absolute Gasteiger partial charge is 0.255 e. The fourth-order valence-corrected chi connectivity index (χ4v) is 3.99. The van der Waals surface area contributed by atoms with Crippen LogP contribution in [0.25, 0.3) is 11.0 Å². The van der Waals surface area contributed by atoms with Crippen LogP contribution in [0.2, 0.25) is 0 Å². The molecule has 0 atom stereocenters. The number of hydrogen-bond donors (Lipinski definition) is 2. The van der Waals surface area contributed by atoms with Gasteiger partial charge in [0.2, 0.25) is 0 Å². The molecule has 0 spiro atoms. The number of aromatic amines is 1. The maximum absolute atomic E-state index is 12.8. The summed E-state index contributed by atoms with van der Waals surface area (Å²) in [5, 5.41) is 11.6. The number of nitrogens with zero attached hydrogens (tertiary/aromatic N) is 3. The van der Waals surface area contributed by atoms with Crippen LogP contribution in [0.5, 0.6) is 0 Å². The monoisotopic (exact) mass is 417 g/mol. The van der Waals surface area contributed by atoms with Crippen molar-refractivity contribution in [2.45, 2.75) is 37.0 Å². The first-order valence-electron chi connectivity index (χ1n) is 9.68. The molecule has 2 N–H and O–H groups in total. The highest BCUT2D eigenvalue weighted by Gasteiger charge is 2.15. The second-order valence-corrected chi connectivity index (χ2v) is 9.05. The van der Waals surface area contributed by atoms with E-state index in [-0.39, 0.29) is 11.3 Å². The van der Waals surface area contributed by atoms with Gasteiger partial charge in [0.05, 0.1) is 11.6 Å². The van der Waals surface area contributed by atoms with Crippen LogP contribution < -0.4 is 5.32 Å². The van der Waals surface area contributed by atoms with Gasteiger partial charge in [-0.25, -0.2) is 9.97 Å². The van der Waals surface area contributed by atoms with Crippen LogP contribution in [0.15, 0.2) is 66.1 Å². The predicted octanol–water partition coefficient (Wildman–Crippen LogP) is 5.20. The highest BCUT2D eigenvalue weighted by atomic mass is 32.2. The van der Waals surface area contributed by atoms with Crippen LogP contribution in [0.3, 0.4) is 0 Å². The van der Waals surface area contributed by atoms with Crippen molar-refractivity contribution >= 4 is 34.4 Å². The molecule has 6 nitrogen and oxygen atoms in total. The van der Waals surface area contributed by atoms with Crippen LogP contribution in [0, 0.1) is 0 Å². The second kappa shape index (κ2) is 8.28. The highest BCUT2D eigenvalue weighted by molar-refractivity contribution is 7.98. The lowest BCUT2D eigenvalue weighted by atomic mass is 9.87. The zero-order valence-electron chi connectivity index (χ0n) is 17.1. The van der Waals surface area contributed by atoms with E-state index in [0.29, 0.717) is 11.3 Å². The fraction of sp³-hybridized carbons (Fsp3) is 0.217. The Morgan fingerprint density at radius 2 is 1.93 bits per heavy atom. The molecule has 2 heterocycles. The van der Waals surface area contributed by atoms with Crippen molar-refractivity contribution in [2.75, 3.05) is 5.32 Å². The molecule has 0 aliphatic carbocycles. The summed E-state index contributed by atoms with van der Waals surface area (Å²) >= 11 is 1.59. The molecule has 30 heavy (non-hydrogen) atoms. The number of fused-ring (bicyclic) bond motifs is 1. The molecule has 152 valence electrons. The Morgan fingerprint density at radius 3 is 2.77 bits per heavy atom. The van der Waals surface area contributed by atoms with E-state index in [1.54, 1.807) is 18.0 Å². The third-order valence-electron chi connectivity index (χ3n) is 4.76. The Hall–Kier alpha value is -3.19. The molecular formula is C23H23N5OS. The van der Waals surface area contributed by atoms with Crippen molar-refractivity contribution in [3.8, 4) is 0 Å². The van der Waals surface area contributed by atoms with Gasteiger partial charge in [0, 0.05) is 17.0 Å². The van der Waals surface area contributed by atoms with Crippen LogP contribution in [0.4, 0.5) is 5.69 Å². The second-order valence-electron chi connectivity index (χ2n) is 8.09. The molecule has 2 aromatic heterocycles. The van der Waals surface area contributed by atoms with Crippen LogP contribution in [-0.4, -0.2) is 26.1 Å². The van der Waals surface area contributed by atoms with Crippen LogP contribution in [-0.2, 0) is 11.2 Å². The number of benzene rings is 2. The van der Waals surface area contributed by atoms with Crippen LogP contribution >= 0.6 is 11.8 Å². The Kier molecular flexibility index (Phi) is 5.55. The first-order valence-corrected chi connectivity index (χ1v) is 10.7. The molecule has 4 rings (SSSR count). The quantitative estimate of drug-likeness (QED) is 0.345. The van der Waals surface area contributed by atoms with Gasteiger partial charge in [0.15, 0.2) is 5.65 Å². The van der Waals surface area contributed by atoms with E-state index >= 15 is 0 Å². The van der Waals surface area contributed by atoms with Crippen molar-refractivity contribution in [2.24, 2.45) is 0 Å². The molecule has 0 bridgehead atoms. The summed E-state index contributed by atoms with van der Waals surface area (Å²) in [4.78, 5) is 21.3. The van der Waals surface area contributed by atoms with Crippen molar-refractivity contribution < 1.29 is 4.79 Å². The molecule has 0 unspecified atom stereocenters. The minimum Gasteiger partial charge on any atom is -0.322 e. The van der Waals surface area contributed by atoms with Gasteiger partial charge >= 0.3 is 0 Å². The lowest BCUT2D eigenvalue weighted by Gasteiger charge is -2.20. The van der Waals surface area contributed by atoms with Gasteiger partial charge in [-0.3, -0.25) is 9.89 Å². The Balaban J connectivity index is 1.46. The SMILES string of the molecule is CC(C)(C)c1cccc(NC(=O)c2cccc(CSc3ncnc4[nH]ncc34)c2)c1. The maximum atomic E-state index is 12.8. The van der Waals surface area contributed by atoms with E-state index in [9.17, 15) is 4.79 Å². The number of carbonyl (C=O) groups excluding carboxylic acids is 1. The predicted molar refractivity (Wildman–Crippen MR) is 121 cm³/mol. The normalized spacial score (nSPS) is 11.6. The average Bonchev–Trinajstić information content (AvgIpc) is 3.21. The molecule has 7 heteroatoms. The molecule has 0 radical (unpaired) electrons. The van der Waals surface area contributed by atoms with E-state index in [2.05, 4.69) is 52.3 Å². The zero-order valence-corrected chi connectivity index (χ0v) is 18.0. The largest absolute Gasteiger partial charge is 0.322 e. The first kappa shape index (κ1) is 20.1. The van der Waals surface area contributed by atoms with E-state index < -0.39 is 0 Å². The number of amides is 1. The van der Waals surface area contributed by atoms with Gasteiger partial charge in [-0.05, 0) is 40.8 Å². The summed E-state index contributed by atoms with van der Waals surface area (Å²) in [5.74, 6) is 0.574. The van der Waals surface area contributed by atoms with Crippen LogP contribution in [0.1, 0.15) is 42.3 Å². The standard InChI is InChI=1S/C23H23N5OS/c1-23(2,3)17-8-5-9-18(11-17)27-21(29)16-7-4-6-15(10-16)13-30-22-19-12-26-28-20(19)24-14-25-22/h4-12,14H,13H2,1-3H3,(H,27,29)(H,24,25,26,28). The molecule has 0 aliphatic heterocycles. The summed E-state index contributed by atoms with van der Waals surface area (Å²) in [6, 6.07) is 15.7. The number of carbonyl (C=O) groups is 1. The number of aromatic nitrogens is 4.